The fourth-order valence-corrected chi connectivity index (χ4v) is 1.97. The number of hydrogen-bond donors (Lipinski definition) is 0. The van der Waals surface area contributed by atoms with Gasteiger partial charge in [-0.1, -0.05) is 52.0 Å². The lowest BCUT2D eigenvalue weighted by Crippen LogP contribution is -2.32. The quantitative estimate of drug-likeness (QED) is 0.577. The second-order valence-corrected chi connectivity index (χ2v) is 6.71. The molecular weight excluding hydrogens is 264 g/mol. The zero-order valence-electron chi connectivity index (χ0n) is 13.9. The smallest absolute Gasteiger partial charge is 0.308 e. The van der Waals surface area contributed by atoms with Crippen LogP contribution in [-0.2, 0) is 9.53 Å². The fraction of sp³-hybridized carbons (Fsp3) is 0.556. The maximum Gasteiger partial charge on any atom is 0.308 e. The molecule has 0 aliphatic carbocycles. The Hall–Kier alpha value is -1.64. The molecule has 0 fully saturated rings. The van der Waals surface area contributed by atoms with Crippen molar-refractivity contribution in [3.8, 4) is 0 Å². The third kappa shape index (κ3) is 5.33. The van der Waals surface area contributed by atoms with Crippen LogP contribution < -0.4 is 0 Å². The van der Waals surface area contributed by atoms with Crippen LogP contribution in [0.15, 0.2) is 24.3 Å². The van der Waals surface area contributed by atoms with Gasteiger partial charge in [0.15, 0.2) is 5.78 Å². The molecular formula is C18H26O3. The van der Waals surface area contributed by atoms with Gasteiger partial charge in [0.1, 0.15) is 5.60 Å². The highest BCUT2D eigenvalue weighted by molar-refractivity contribution is 5.96. The van der Waals surface area contributed by atoms with E-state index in [1.165, 1.54) is 5.56 Å². The Kier molecular flexibility index (Phi) is 5.70. The fourth-order valence-electron chi connectivity index (χ4n) is 1.97. The molecule has 0 atom stereocenters. The molecule has 0 spiro atoms. The van der Waals surface area contributed by atoms with E-state index in [0.717, 1.165) is 0 Å². The highest BCUT2D eigenvalue weighted by Gasteiger charge is 2.28. The Bertz CT molecular complexity index is 496. The van der Waals surface area contributed by atoms with E-state index in [9.17, 15) is 9.59 Å². The van der Waals surface area contributed by atoms with Crippen LogP contribution in [-0.4, -0.2) is 17.4 Å². The summed E-state index contributed by atoms with van der Waals surface area (Å²) in [6, 6.07) is 7.64. The third-order valence-corrected chi connectivity index (χ3v) is 3.33. The van der Waals surface area contributed by atoms with E-state index >= 15 is 0 Å². The Morgan fingerprint density at radius 2 is 1.57 bits per heavy atom. The van der Waals surface area contributed by atoms with Crippen molar-refractivity contribution in [1.82, 2.24) is 0 Å². The first-order valence-electron chi connectivity index (χ1n) is 7.48. The summed E-state index contributed by atoms with van der Waals surface area (Å²) in [5.41, 5.74) is 1.08. The Morgan fingerprint density at radius 1 is 1.05 bits per heavy atom. The number of carbonyl (C=O) groups is 2. The minimum absolute atomic E-state index is 0.00753. The van der Waals surface area contributed by atoms with Crippen LogP contribution in [0.5, 0.6) is 0 Å². The first-order valence-corrected chi connectivity index (χ1v) is 7.48. The van der Waals surface area contributed by atoms with Crippen molar-refractivity contribution in [1.29, 1.82) is 0 Å². The SMILES string of the molecule is CC(C)C(=O)OC(C)(C)CC(=O)c1ccc(C(C)C)cc1. The van der Waals surface area contributed by atoms with Crippen LogP contribution in [0.25, 0.3) is 0 Å². The summed E-state index contributed by atoms with van der Waals surface area (Å²) in [6.45, 7) is 11.3. The van der Waals surface area contributed by atoms with E-state index in [-0.39, 0.29) is 24.1 Å². The molecule has 116 valence electrons. The van der Waals surface area contributed by atoms with Crippen LogP contribution in [0.3, 0.4) is 0 Å². The lowest BCUT2D eigenvalue weighted by Gasteiger charge is -2.25. The minimum Gasteiger partial charge on any atom is -0.459 e. The average Bonchev–Trinajstić information content (AvgIpc) is 2.37. The van der Waals surface area contributed by atoms with E-state index in [2.05, 4.69) is 13.8 Å². The monoisotopic (exact) mass is 290 g/mol. The molecule has 1 aromatic carbocycles. The van der Waals surface area contributed by atoms with Gasteiger partial charge in [0.25, 0.3) is 0 Å². The summed E-state index contributed by atoms with van der Waals surface area (Å²) in [5.74, 6) is -0.0305. The number of carbonyl (C=O) groups excluding carboxylic acids is 2. The second-order valence-electron chi connectivity index (χ2n) is 6.71. The molecule has 0 saturated heterocycles. The molecule has 1 aromatic rings. The Morgan fingerprint density at radius 3 is 2.00 bits per heavy atom. The van der Waals surface area contributed by atoms with Crippen LogP contribution in [0, 0.1) is 5.92 Å². The lowest BCUT2D eigenvalue weighted by atomic mass is 9.95. The first-order chi connectivity index (χ1) is 9.62. The molecule has 0 N–H and O–H groups in total. The third-order valence-electron chi connectivity index (χ3n) is 3.33. The van der Waals surface area contributed by atoms with Gasteiger partial charge in [0.2, 0.25) is 0 Å². The van der Waals surface area contributed by atoms with E-state index in [4.69, 9.17) is 4.74 Å². The molecule has 1 rings (SSSR count). The molecule has 21 heavy (non-hydrogen) atoms. The maximum atomic E-state index is 12.3. The molecule has 0 saturated carbocycles. The molecule has 0 unspecified atom stereocenters. The van der Waals surface area contributed by atoms with Crippen molar-refractivity contribution >= 4 is 11.8 Å². The topological polar surface area (TPSA) is 43.4 Å². The average molecular weight is 290 g/mol. The Labute approximate surface area is 127 Å². The molecule has 3 heteroatoms. The van der Waals surface area contributed by atoms with Gasteiger partial charge in [-0.3, -0.25) is 9.59 Å². The molecule has 0 radical (unpaired) electrons. The molecule has 0 heterocycles. The number of esters is 1. The van der Waals surface area contributed by atoms with Crippen molar-refractivity contribution in [3.05, 3.63) is 35.4 Å². The van der Waals surface area contributed by atoms with Crippen molar-refractivity contribution in [2.45, 2.75) is 59.5 Å². The molecule has 0 aliphatic heterocycles. The van der Waals surface area contributed by atoms with Gasteiger partial charge >= 0.3 is 5.97 Å². The summed E-state index contributed by atoms with van der Waals surface area (Å²) < 4.78 is 5.39. The van der Waals surface area contributed by atoms with E-state index in [1.807, 2.05) is 24.3 Å². The normalized spacial score (nSPS) is 11.8. The standard InChI is InChI=1S/C18H26O3/c1-12(2)14-7-9-15(10-8-14)16(19)11-18(5,6)21-17(20)13(3)4/h7-10,12-13H,11H2,1-6H3. The predicted octanol–water partition coefficient (Wildman–Crippen LogP) is 4.36. The summed E-state index contributed by atoms with van der Waals surface area (Å²) in [4.78, 5) is 24.0. The highest BCUT2D eigenvalue weighted by atomic mass is 16.6. The van der Waals surface area contributed by atoms with Crippen molar-refractivity contribution in [2.75, 3.05) is 0 Å². The van der Waals surface area contributed by atoms with Crippen LogP contribution in [0.2, 0.25) is 0 Å². The predicted molar refractivity (Wildman–Crippen MR) is 84.5 cm³/mol. The van der Waals surface area contributed by atoms with Crippen LogP contribution in [0.1, 0.15) is 69.8 Å². The van der Waals surface area contributed by atoms with E-state index in [0.29, 0.717) is 11.5 Å². The number of ketones is 1. The molecule has 0 aliphatic rings. The molecule has 0 bridgehead atoms. The van der Waals surface area contributed by atoms with Gasteiger partial charge in [-0.2, -0.15) is 0 Å². The van der Waals surface area contributed by atoms with Gasteiger partial charge in [-0.15, -0.1) is 0 Å². The van der Waals surface area contributed by atoms with Gasteiger partial charge < -0.3 is 4.74 Å². The van der Waals surface area contributed by atoms with Crippen molar-refractivity contribution in [3.63, 3.8) is 0 Å². The second kappa shape index (κ2) is 6.88. The molecule has 3 nitrogen and oxygen atoms in total. The number of ether oxygens (including phenoxy) is 1. The summed E-state index contributed by atoms with van der Waals surface area (Å²) in [5, 5.41) is 0. The maximum absolute atomic E-state index is 12.3. The highest BCUT2D eigenvalue weighted by Crippen LogP contribution is 2.21. The Balaban J connectivity index is 2.73. The lowest BCUT2D eigenvalue weighted by molar-refractivity contribution is -0.159. The van der Waals surface area contributed by atoms with Crippen LogP contribution >= 0.6 is 0 Å². The first kappa shape index (κ1) is 17.4. The summed E-state index contributed by atoms with van der Waals surface area (Å²) >= 11 is 0. The van der Waals surface area contributed by atoms with E-state index in [1.54, 1.807) is 27.7 Å². The molecule has 0 amide bonds. The zero-order chi connectivity index (χ0) is 16.2. The van der Waals surface area contributed by atoms with Gasteiger partial charge in [0.05, 0.1) is 12.3 Å². The molecule has 0 aromatic heterocycles. The summed E-state index contributed by atoms with van der Waals surface area (Å²) in [7, 11) is 0. The van der Waals surface area contributed by atoms with Gasteiger partial charge in [0, 0.05) is 5.56 Å². The number of rotatable bonds is 6. The van der Waals surface area contributed by atoms with Gasteiger partial charge in [-0.25, -0.2) is 0 Å². The van der Waals surface area contributed by atoms with Crippen LogP contribution in [0.4, 0.5) is 0 Å². The summed E-state index contributed by atoms with van der Waals surface area (Å²) in [6.07, 6.45) is 0.187. The number of hydrogen-bond acceptors (Lipinski definition) is 3. The van der Waals surface area contributed by atoms with Crippen molar-refractivity contribution in [2.24, 2.45) is 5.92 Å². The largest absolute Gasteiger partial charge is 0.459 e. The number of Topliss-reactive ketones (excluding diaryl/α,β-unsaturated/α-hetero) is 1. The zero-order valence-corrected chi connectivity index (χ0v) is 13.9. The van der Waals surface area contributed by atoms with Gasteiger partial charge in [-0.05, 0) is 25.3 Å². The minimum atomic E-state index is -0.783. The number of benzene rings is 1. The van der Waals surface area contributed by atoms with E-state index < -0.39 is 5.60 Å². The van der Waals surface area contributed by atoms with Crippen molar-refractivity contribution < 1.29 is 14.3 Å².